The Morgan fingerprint density at radius 2 is 1.96 bits per heavy atom. The van der Waals surface area contributed by atoms with Gasteiger partial charge in [-0.3, -0.25) is 9.59 Å². The zero-order valence-corrected chi connectivity index (χ0v) is 15.3. The lowest BCUT2D eigenvalue weighted by Gasteiger charge is -2.50. The summed E-state index contributed by atoms with van der Waals surface area (Å²) in [6.45, 7) is 1.48. The van der Waals surface area contributed by atoms with Crippen molar-refractivity contribution in [3.05, 3.63) is 34.6 Å². The second kappa shape index (κ2) is 7.50. The molecule has 2 fully saturated rings. The third kappa shape index (κ3) is 3.70. The van der Waals surface area contributed by atoms with Crippen LogP contribution in [0.4, 0.5) is 4.39 Å². The summed E-state index contributed by atoms with van der Waals surface area (Å²) in [5.74, 6) is -1.29. The van der Waals surface area contributed by atoms with Crippen molar-refractivity contribution < 1.29 is 23.8 Å². The maximum atomic E-state index is 13.5. The molecule has 0 spiro atoms. The number of methoxy groups -OCH3 is 1. The molecular weight excluding hydrogens is 363 g/mol. The minimum Gasteiger partial charge on any atom is -0.389 e. The van der Waals surface area contributed by atoms with E-state index in [1.165, 1.54) is 19.2 Å². The van der Waals surface area contributed by atoms with Crippen LogP contribution in [0.1, 0.15) is 23.2 Å². The molecule has 0 radical (unpaired) electrons. The van der Waals surface area contributed by atoms with E-state index < -0.39 is 11.4 Å². The van der Waals surface area contributed by atoms with E-state index in [0.29, 0.717) is 39.0 Å². The molecule has 0 saturated carbocycles. The molecule has 2 heterocycles. The number of aliphatic hydroxyl groups is 1. The number of halogens is 2. The first-order chi connectivity index (χ1) is 12.3. The molecule has 2 saturated heterocycles. The normalized spacial score (nSPS) is 25.8. The number of benzene rings is 1. The molecule has 2 aliphatic rings. The van der Waals surface area contributed by atoms with Crippen LogP contribution in [0.5, 0.6) is 0 Å². The number of carbonyl (C=O) groups is 2. The van der Waals surface area contributed by atoms with Crippen molar-refractivity contribution >= 4 is 23.4 Å². The number of hydrogen-bond acceptors (Lipinski definition) is 4. The molecule has 3 rings (SSSR count). The third-order valence-electron chi connectivity index (χ3n) is 5.34. The van der Waals surface area contributed by atoms with Crippen molar-refractivity contribution in [3.63, 3.8) is 0 Å². The topological polar surface area (TPSA) is 70.1 Å². The van der Waals surface area contributed by atoms with Gasteiger partial charge in [-0.25, -0.2) is 4.39 Å². The van der Waals surface area contributed by atoms with E-state index in [1.807, 2.05) is 0 Å². The van der Waals surface area contributed by atoms with Gasteiger partial charge in [0.05, 0.1) is 16.2 Å². The van der Waals surface area contributed by atoms with Gasteiger partial charge in [0.15, 0.2) is 0 Å². The highest BCUT2D eigenvalue weighted by Gasteiger charge is 2.46. The van der Waals surface area contributed by atoms with Gasteiger partial charge in [-0.15, -0.1) is 0 Å². The molecule has 26 heavy (non-hydrogen) atoms. The van der Waals surface area contributed by atoms with E-state index in [-0.39, 0.29) is 34.9 Å². The number of rotatable bonds is 3. The van der Waals surface area contributed by atoms with Crippen molar-refractivity contribution in [2.24, 2.45) is 5.92 Å². The molecule has 0 aliphatic carbocycles. The van der Waals surface area contributed by atoms with Gasteiger partial charge in [-0.2, -0.15) is 0 Å². The van der Waals surface area contributed by atoms with Crippen LogP contribution in [0.3, 0.4) is 0 Å². The average Bonchev–Trinajstić information content (AvgIpc) is 2.62. The highest BCUT2D eigenvalue weighted by molar-refractivity contribution is 6.33. The Balaban J connectivity index is 1.74. The molecule has 2 aliphatic heterocycles. The first kappa shape index (κ1) is 19.1. The Kier molecular flexibility index (Phi) is 5.50. The summed E-state index contributed by atoms with van der Waals surface area (Å²) in [6, 6.07) is 3.69. The van der Waals surface area contributed by atoms with Crippen molar-refractivity contribution in [1.82, 2.24) is 9.80 Å². The summed E-state index contributed by atoms with van der Waals surface area (Å²) in [5.41, 5.74) is -0.785. The number of piperidine rings is 2. The van der Waals surface area contributed by atoms with Crippen LogP contribution in [-0.2, 0) is 9.53 Å². The van der Waals surface area contributed by atoms with Crippen LogP contribution >= 0.6 is 11.6 Å². The summed E-state index contributed by atoms with van der Waals surface area (Å²) in [4.78, 5) is 28.1. The fourth-order valence-electron chi connectivity index (χ4n) is 3.76. The summed E-state index contributed by atoms with van der Waals surface area (Å²) in [6.07, 6.45) is 0.887. The Morgan fingerprint density at radius 1 is 1.31 bits per heavy atom. The van der Waals surface area contributed by atoms with Crippen molar-refractivity contribution in [2.75, 3.05) is 39.9 Å². The fraction of sp³-hybridized carbons (Fsp3) is 0.556. The second-order valence-corrected chi connectivity index (χ2v) is 7.36. The number of nitrogens with zero attached hydrogens (tertiary/aromatic N) is 2. The molecular formula is C18H22ClFN2O4. The predicted molar refractivity (Wildman–Crippen MR) is 93.4 cm³/mol. The lowest BCUT2D eigenvalue weighted by Crippen LogP contribution is -2.61. The molecule has 0 aromatic heterocycles. The van der Waals surface area contributed by atoms with Gasteiger partial charge in [0.1, 0.15) is 12.4 Å². The number of hydrogen-bond donors (Lipinski definition) is 1. The van der Waals surface area contributed by atoms with Crippen molar-refractivity contribution in [1.29, 1.82) is 0 Å². The fourth-order valence-corrected chi connectivity index (χ4v) is 3.96. The molecule has 2 amide bonds. The number of carbonyl (C=O) groups excluding carboxylic acids is 2. The molecule has 1 aromatic rings. The smallest absolute Gasteiger partial charge is 0.255 e. The van der Waals surface area contributed by atoms with E-state index in [1.54, 1.807) is 9.80 Å². The number of ether oxygens (including phenoxy) is 1. The Morgan fingerprint density at radius 3 is 2.65 bits per heavy atom. The summed E-state index contributed by atoms with van der Waals surface area (Å²) < 4.78 is 18.4. The monoisotopic (exact) mass is 384 g/mol. The quantitative estimate of drug-likeness (QED) is 0.858. The average molecular weight is 385 g/mol. The predicted octanol–water partition coefficient (Wildman–Crippen LogP) is 1.55. The zero-order valence-electron chi connectivity index (χ0n) is 14.6. The van der Waals surface area contributed by atoms with E-state index in [9.17, 15) is 19.1 Å². The van der Waals surface area contributed by atoms with Crippen molar-refractivity contribution in [2.45, 2.75) is 18.4 Å². The van der Waals surface area contributed by atoms with Crippen LogP contribution in [-0.4, -0.2) is 72.2 Å². The third-order valence-corrected chi connectivity index (χ3v) is 5.67. The molecule has 6 nitrogen and oxygen atoms in total. The number of fused-ring (bicyclic) bond motifs is 1. The minimum absolute atomic E-state index is 0.00725. The SMILES string of the molecule is COCC(=O)N1CCC2(O)CCN(C(=O)c3cc(F)ccc3Cl)CC2C1. The maximum absolute atomic E-state index is 13.5. The highest BCUT2D eigenvalue weighted by atomic mass is 35.5. The summed E-state index contributed by atoms with van der Waals surface area (Å²) in [5, 5.41) is 11.1. The van der Waals surface area contributed by atoms with E-state index >= 15 is 0 Å². The largest absolute Gasteiger partial charge is 0.389 e. The Bertz CT molecular complexity index is 716. The summed E-state index contributed by atoms with van der Waals surface area (Å²) >= 11 is 6.04. The van der Waals surface area contributed by atoms with Gasteiger partial charge in [-0.05, 0) is 31.0 Å². The first-order valence-corrected chi connectivity index (χ1v) is 8.95. The van der Waals surface area contributed by atoms with Crippen LogP contribution in [0.25, 0.3) is 0 Å². The Hall–Kier alpha value is -1.70. The number of likely N-dealkylation sites (tertiary alicyclic amines) is 2. The lowest BCUT2D eigenvalue weighted by atomic mass is 9.75. The van der Waals surface area contributed by atoms with Gasteiger partial charge < -0.3 is 19.6 Å². The van der Waals surface area contributed by atoms with Crippen molar-refractivity contribution in [3.8, 4) is 0 Å². The minimum atomic E-state index is -0.896. The van der Waals surface area contributed by atoms with E-state index in [2.05, 4.69) is 0 Å². The first-order valence-electron chi connectivity index (χ1n) is 8.57. The molecule has 0 bridgehead atoms. The van der Waals surface area contributed by atoms with E-state index in [4.69, 9.17) is 16.3 Å². The standard InChI is InChI=1S/C18H22ClFN2O4/c1-26-11-16(23)21-6-4-18(25)5-7-22(10-12(18)9-21)17(24)14-8-13(20)2-3-15(14)19/h2-3,8,12,25H,4-7,9-11H2,1H3. The molecule has 8 heteroatoms. The molecule has 1 aromatic carbocycles. The van der Waals surface area contributed by atoms with Gasteiger partial charge in [0.2, 0.25) is 5.91 Å². The molecule has 2 unspecified atom stereocenters. The molecule has 142 valence electrons. The second-order valence-electron chi connectivity index (χ2n) is 6.95. The van der Waals surface area contributed by atoms with Gasteiger partial charge in [-0.1, -0.05) is 11.6 Å². The van der Waals surface area contributed by atoms with Crippen LogP contribution in [0.2, 0.25) is 5.02 Å². The van der Waals surface area contributed by atoms with E-state index in [0.717, 1.165) is 6.07 Å². The molecule has 2 atom stereocenters. The maximum Gasteiger partial charge on any atom is 0.255 e. The van der Waals surface area contributed by atoms with Crippen LogP contribution in [0, 0.1) is 11.7 Å². The summed E-state index contributed by atoms with van der Waals surface area (Å²) in [7, 11) is 1.46. The van der Waals surface area contributed by atoms with Gasteiger partial charge in [0, 0.05) is 39.2 Å². The van der Waals surface area contributed by atoms with Crippen LogP contribution in [0.15, 0.2) is 18.2 Å². The number of amides is 2. The Labute approximate surface area is 156 Å². The van der Waals surface area contributed by atoms with Gasteiger partial charge in [0.25, 0.3) is 5.91 Å². The zero-order chi connectivity index (χ0) is 18.9. The highest BCUT2D eigenvalue weighted by Crippen LogP contribution is 2.36. The van der Waals surface area contributed by atoms with Gasteiger partial charge >= 0.3 is 0 Å². The lowest BCUT2D eigenvalue weighted by molar-refractivity contribution is -0.148. The van der Waals surface area contributed by atoms with Crippen LogP contribution < -0.4 is 0 Å². The molecule has 1 N–H and O–H groups in total.